The lowest BCUT2D eigenvalue weighted by molar-refractivity contribution is -0.147. The van der Waals surface area contributed by atoms with Gasteiger partial charge in [0, 0.05) is 25.4 Å². The van der Waals surface area contributed by atoms with Crippen molar-refractivity contribution in [2.45, 2.75) is 42.1 Å². The van der Waals surface area contributed by atoms with Gasteiger partial charge in [-0.15, -0.1) is 11.8 Å². The molecule has 1 saturated heterocycles. The van der Waals surface area contributed by atoms with Gasteiger partial charge in [0.2, 0.25) is 5.54 Å². The summed E-state index contributed by atoms with van der Waals surface area (Å²) in [6.07, 6.45) is -0.680. The van der Waals surface area contributed by atoms with E-state index in [1.54, 1.807) is 0 Å². The number of halogens is 1. The van der Waals surface area contributed by atoms with Crippen LogP contribution in [0.2, 0.25) is 0 Å². The Bertz CT molecular complexity index is 1300. The van der Waals surface area contributed by atoms with Crippen molar-refractivity contribution in [2.75, 3.05) is 24.2 Å². The molecule has 2 atom stereocenters. The van der Waals surface area contributed by atoms with Crippen LogP contribution in [-0.2, 0) is 19.6 Å². The van der Waals surface area contributed by atoms with Crippen LogP contribution in [-0.4, -0.2) is 72.6 Å². The molecular weight excluding hydrogens is 525 g/mol. The number of nitrogens with zero attached hydrogens (tertiary/aromatic N) is 2. The van der Waals surface area contributed by atoms with E-state index in [1.807, 2.05) is 13.8 Å². The minimum atomic E-state index is -4.71. The van der Waals surface area contributed by atoms with Gasteiger partial charge >= 0.3 is 12.1 Å². The number of hydrogen-bond acceptors (Lipinski definition) is 8. The summed E-state index contributed by atoms with van der Waals surface area (Å²) in [4.78, 5) is 39.1. The molecule has 10 nitrogen and oxygen atoms in total. The molecule has 0 saturated carbocycles. The number of carbonyl (C=O) groups excluding carboxylic acids is 2. The van der Waals surface area contributed by atoms with Crippen molar-refractivity contribution in [2.24, 2.45) is 0 Å². The Balaban J connectivity index is 2.17. The third kappa shape index (κ3) is 5.73. The summed E-state index contributed by atoms with van der Waals surface area (Å²) < 4.78 is 47.0. The van der Waals surface area contributed by atoms with Gasteiger partial charge in [-0.25, -0.2) is 26.7 Å². The fourth-order valence-electron chi connectivity index (χ4n) is 3.61. The van der Waals surface area contributed by atoms with Gasteiger partial charge in [-0.1, -0.05) is 0 Å². The molecule has 0 unspecified atom stereocenters. The van der Waals surface area contributed by atoms with Crippen LogP contribution in [0.4, 0.5) is 14.9 Å². The molecule has 1 aliphatic heterocycles. The molecule has 0 bridgehead atoms. The van der Waals surface area contributed by atoms with E-state index in [4.69, 9.17) is 4.74 Å². The van der Waals surface area contributed by atoms with Crippen molar-refractivity contribution in [3.63, 3.8) is 0 Å². The van der Waals surface area contributed by atoms with Crippen LogP contribution in [0.15, 0.2) is 53.4 Å². The lowest BCUT2D eigenvalue weighted by Crippen LogP contribution is -2.64. The van der Waals surface area contributed by atoms with E-state index in [1.165, 1.54) is 55.0 Å². The van der Waals surface area contributed by atoms with Crippen molar-refractivity contribution >= 4 is 45.3 Å². The first-order chi connectivity index (χ1) is 17.1. The number of carbonyl (C=O) groups is 3. The SMILES string of the molecule is CN(C)C(=O)Oc1ccc(N([C@@](C)(C(=O)O)C(=O)[C@H]2NC(C)(C)CS2)S(=O)(=O)c2ccc(F)cc2)cc1. The fraction of sp³-hybridized carbons (Fsp3) is 0.375. The van der Waals surface area contributed by atoms with Crippen molar-refractivity contribution in [3.05, 3.63) is 54.3 Å². The number of ketones is 1. The monoisotopic (exact) mass is 553 g/mol. The number of thioether (sulfide) groups is 1. The average Bonchev–Trinajstić information content (AvgIpc) is 3.19. The second-order valence-electron chi connectivity index (χ2n) is 9.44. The quantitative estimate of drug-likeness (QED) is 0.473. The number of anilines is 1. The largest absolute Gasteiger partial charge is 0.479 e. The third-order valence-electron chi connectivity index (χ3n) is 5.67. The predicted molar refractivity (Wildman–Crippen MR) is 137 cm³/mol. The Kier molecular flexibility index (Phi) is 7.91. The maximum atomic E-state index is 13.9. The second-order valence-corrected chi connectivity index (χ2v) is 12.3. The molecule has 1 amide bonds. The minimum absolute atomic E-state index is 0.0692. The number of aliphatic carboxylic acids is 1. The van der Waals surface area contributed by atoms with E-state index in [0.717, 1.165) is 31.2 Å². The van der Waals surface area contributed by atoms with E-state index < -0.39 is 55.0 Å². The highest BCUT2D eigenvalue weighted by Crippen LogP contribution is 2.37. The molecule has 13 heteroatoms. The normalized spacial score (nSPS) is 18.5. The summed E-state index contributed by atoms with van der Waals surface area (Å²) in [5, 5.41) is 12.4. The number of carboxylic acid groups (broad SMARTS) is 1. The van der Waals surface area contributed by atoms with E-state index in [0.29, 0.717) is 10.1 Å². The highest BCUT2D eigenvalue weighted by Gasteiger charge is 2.56. The smallest absolute Gasteiger partial charge is 0.414 e. The molecule has 0 aromatic heterocycles. The van der Waals surface area contributed by atoms with Crippen molar-refractivity contribution in [1.29, 1.82) is 0 Å². The highest BCUT2D eigenvalue weighted by molar-refractivity contribution is 8.01. The summed E-state index contributed by atoms with van der Waals surface area (Å²) in [6.45, 7) is 4.70. The fourth-order valence-corrected chi connectivity index (χ4v) is 6.80. The first-order valence-electron chi connectivity index (χ1n) is 11.1. The molecule has 0 aliphatic carbocycles. The number of sulfonamides is 1. The summed E-state index contributed by atoms with van der Waals surface area (Å²) in [5.74, 6) is -2.71. The van der Waals surface area contributed by atoms with Gasteiger partial charge in [0.25, 0.3) is 10.0 Å². The number of amides is 1. The van der Waals surface area contributed by atoms with Crippen LogP contribution in [0.1, 0.15) is 20.8 Å². The van der Waals surface area contributed by atoms with Gasteiger partial charge in [-0.2, -0.15) is 0 Å². The van der Waals surface area contributed by atoms with Crippen molar-refractivity contribution in [3.8, 4) is 5.75 Å². The summed E-state index contributed by atoms with van der Waals surface area (Å²) in [5.41, 5.74) is -3.25. The number of hydrogen-bond donors (Lipinski definition) is 2. The van der Waals surface area contributed by atoms with E-state index in [2.05, 4.69) is 5.32 Å². The molecule has 0 radical (unpaired) electrons. The second kappa shape index (κ2) is 10.3. The minimum Gasteiger partial charge on any atom is -0.479 e. The molecule has 2 aromatic carbocycles. The number of benzene rings is 2. The number of Topliss-reactive ketones (excluding diaryl/α,β-unsaturated/α-hetero) is 1. The Morgan fingerprint density at radius 1 is 1.11 bits per heavy atom. The zero-order valence-corrected chi connectivity index (χ0v) is 22.5. The maximum absolute atomic E-state index is 13.9. The Morgan fingerprint density at radius 3 is 2.14 bits per heavy atom. The third-order valence-corrected chi connectivity index (χ3v) is 9.14. The van der Waals surface area contributed by atoms with Crippen LogP contribution >= 0.6 is 11.8 Å². The Morgan fingerprint density at radius 2 is 1.68 bits per heavy atom. The molecule has 1 aliphatic rings. The van der Waals surface area contributed by atoms with Gasteiger partial charge < -0.3 is 14.7 Å². The van der Waals surface area contributed by atoms with E-state index in [9.17, 15) is 32.3 Å². The molecule has 3 rings (SSSR count). The summed E-state index contributed by atoms with van der Waals surface area (Å²) in [6, 6.07) is 8.84. The Hall–Kier alpha value is -3.16. The maximum Gasteiger partial charge on any atom is 0.414 e. The van der Waals surface area contributed by atoms with Gasteiger partial charge in [0.1, 0.15) is 16.9 Å². The van der Waals surface area contributed by atoms with Gasteiger partial charge in [-0.3, -0.25) is 10.1 Å². The van der Waals surface area contributed by atoms with Crippen molar-refractivity contribution in [1.82, 2.24) is 10.2 Å². The van der Waals surface area contributed by atoms with E-state index in [-0.39, 0.29) is 11.4 Å². The molecule has 37 heavy (non-hydrogen) atoms. The van der Waals surface area contributed by atoms with Crippen LogP contribution < -0.4 is 14.4 Å². The summed E-state index contributed by atoms with van der Waals surface area (Å²) >= 11 is 1.18. The molecule has 0 spiro atoms. The lowest BCUT2D eigenvalue weighted by Gasteiger charge is -2.38. The molecule has 2 aromatic rings. The zero-order chi connectivity index (χ0) is 27.8. The zero-order valence-electron chi connectivity index (χ0n) is 20.9. The van der Waals surface area contributed by atoms with Crippen LogP contribution in [0, 0.1) is 5.82 Å². The first-order valence-corrected chi connectivity index (χ1v) is 13.6. The van der Waals surface area contributed by atoms with Crippen LogP contribution in [0.5, 0.6) is 5.75 Å². The molecular formula is C24H28FN3O7S2. The van der Waals surface area contributed by atoms with Crippen LogP contribution in [0.25, 0.3) is 0 Å². The number of nitrogens with one attached hydrogen (secondary N) is 1. The molecule has 1 fully saturated rings. The topological polar surface area (TPSA) is 133 Å². The lowest BCUT2D eigenvalue weighted by atomic mass is 9.94. The van der Waals surface area contributed by atoms with Gasteiger partial charge in [-0.05, 0) is 69.3 Å². The molecule has 1 heterocycles. The number of ether oxygens (including phenoxy) is 1. The number of carboxylic acids is 1. The predicted octanol–water partition coefficient (Wildman–Crippen LogP) is 2.93. The summed E-state index contributed by atoms with van der Waals surface area (Å²) in [7, 11) is -1.75. The molecule has 2 N–H and O–H groups in total. The average molecular weight is 554 g/mol. The first kappa shape index (κ1) is 28.4. The van der Waals surface area contributed by atoms with Gasteiger partial charge in [0.15, 0.2) is 5.78 Å². The number of rotatable bonds is 8. The molecule has 200 valence electrons. The highest BCUT2D eigenvalue weighted by atomic mass is 32.2. The van der Waals surface area contributed by atoms with Crippen LogP contribution in [0.3, 0.4) is 0 Å². The standard InChI is InChI=1S/C24H28FN3O7S2/c1-23(2)14-36-20(26-23)19(29)24(3,21(30)31)28(37(33,34)18-12-6-15(25)7-13-18)16-8-10-17(11-9-16)35-22(32)27(4)5/h6-13,20,26H,14H2,1-5H3,(H,30,31)/t20-,24+/m0/s1. The van der Waals surface area contributed by atoms with E-state index >= 15 is 0 Å². The van der Waals surface area contributed by atoms with Crippen molar-refractivity contribution < 1.29 is 37.0 Å². The Labute approximate surface area is 218 Å². The van der Waals surface area contributed by atoms with Gasteiger partial charge in [0.05, 0.1) is 10.6 Å².